The molecule has 6 nitrogen and oxygen atoms in total. The minimum Gasteiger partial charge on any atom is -0.491 e. The molecule has 0 atom stereocenters. The minimum absolute atomic E-state index is 0.00833. The van der Waals surface area contributed by atoms with E-state index in [1.54, 1.807) is 4.90 Å². The van der Waals surface area contributed by atoms with Gasteiger partial charge in [-0.3, -0.25) is 9.59 Å². The van der Waals surface area contributed by atoms with Crippen molar-refractivity contribution in [2.75, 3.05) is 30.0 Å². The Labute approximate surface area is 159 Å². The lowest BCUT2D eigenvalue weighted by Gasteiger charge is -2.29. The number of hydrogen-bond acceptors (Lipinski definition) is 4. The van der Waals surface area contributed by atoms with Crippen LogP contribution in [0.2, 0.25) is 0 Å². The minimum atomic E-state index is -0.169. The van der Waals surface area contributed by atoms with Crippen LogP contribution in [-0.4, -0.2) is 31.6 Å². The van der Waals surface area contributed by atoms with Gasteiger partial charge in [0.1, 0.15) is 11.5 Å². The lowest BCUT2D eigenvalue weighted by atomic mass is 10.2. The molecule has 6 heteroatoms. The number of para-hydroxylation sites is 2. The molecule has 0 bridgehead atoms. The van der Waals surface area contributed by atoms with Gasteiger partial charge in [0.05, 0.1) is 18.0 Å². The van der Waals surface area contributed by atoms with Gasteiger partial charge in [-0.1, -0.05) is 25.1 Å². The molecule has 2 amide bonds. The van der Waals surface area contributed by atoms with Gasteiger partial charge >= 0.3 is 0 Å². The van der Waals surface area contributed by atoms with Gasteiger partial charge in [-0.25, -0.2) is 0 Å². The number of aryl methyl sites for hydroxylation is 1. The fourth-order valence-electron chi connectivity index (χ4n) is 2.89. The van der Waals surface area contributed by atoms with Crippen LogP contribution in [0.15, 0.2) is 42.5 Å². The summed E-state index contributed by atoms with van der Waals surface area (Å²) in [5.41, 5.74) is 2.41. The largest absolute Gasteiger partial charge is 0.491 e. The first-order chi connectivity index (χ1) is 13.1. The maximum atomic E-state index is 12.4. The maximum Gasteiger partial charge on any atom is 0.265 e. The van der Waals surface area contributed by atoms with Gasteiger partial charge in [-0.2, -0.15) is 0 Å². The van der Waals surface area contributed by atoms with E-state index in [4.69, 9.17) is 9.47 Å². The summed E-state index contributed by atoms with van der Waals surface area (Å²) in [5.74, 6) is 1.00. The molecule has 2 aromatic rings. The highest BCUT2D eigenvalue weighted by Gasteiger charge is 2.25. The zero-order chi connectivity index (χ0) is 19.2. The maximum absolute atomic E-state index is 12.4. The molecule has 1 N–H and O–H groups in total. The number of nitrogens with one attached hydrogen (secondary N) is 1. The highest BCUT2D eigenvalue weighted by Crippen LogP contribution is 2.31. The lowest BCUT2D eigenvalue weighted by molar-refractivity contribution is -0.121. The van der Waals surface area contributed by atoms with Crippen LogP contribution in [0.4, 0.5) is 11.4 Å². The van der Waals surface area contributed by atoms with E-state index in [2.05, 4.69) is 5.32 Å². The number of benzene rings is 2. The first-order valence-electron chi connectivity index (χ1n) is 9.14. The molecule has 1 heterocycles. The van der Waals surface area contributed by atoms with E-state index in [0.29, 0.717) is 36.0 Å². The topological polar surface area (TPSA) is 67.9 Å². The number of carbonyl (C=O) groups excluding carboxylic acids is 2. The first kappa shape index (κ1) is 18.8. The van der Waals surface area contributed by atoms with Crippen LogP contribution in [0, 0.1) is 6.92 Å². The Kier molecular flexibility index (Phi) is 5.96. The zero-order valence-electron chi connectivity index (χ0n) is 15.7. The van der Waals surface area contributed by atoms with Crippen LogP contribution in [0.5, 0.6) is 11.5 Å². The second kappa shape index (κ2) is 8.58. The summed E-state index contributed by atoms with van der Waals surface area (Å²) in [4.78, 5) is 26.2. The summed E-state index contributed by atoms with van der Waals surface area (Å²) in [7, 11) is 0. The van der Waals surface area contributed by atoms with Crippen molar-refractivity contribution in [3.05, 3.63) is 48.0 Å². The smallest absolute Gasteiger partial charge is 0.265 e. The SMILES string of the molecule is CCCOc1cc(C)ccc1NC(=O)CCN1C(=O)COc2ccccc21. The molecule has 142 valence electrons. The molecule has 0 saturated heterocycles. The van der Waals surface area contributed by atoms with Crippen LogP contribution in [0.1, 0.15) is 25.3 Å². The number of nitrogens with zero attached hydrogens (tertiary/aromatic N) is 1. The van der Waals surface area contributed by atoms with Gasteiger partial charge in [-0.05, 0) is 43.2 Å². The molecule has 2 aromatic carbocycles. The Hall–Kier alpha value is -3.02. The number of ether oxygens (including phenoxy) is 2. The molecule has 3 rings (SSSR count). The summed E-state index contributed by atoms with van der Waals surface area (Å²) < 4.78 is 11.2. The second-order valence-corrected chi connectivity index (χ2v) is 6.45. The van der Waals surface area contributed by atoms with Gasteiger partial charge in [0.25, 0.3) is 5.91 Å². The Balaban J connectivity index is 1.65. The van der Waals surface area contributed by atoms with Crippen molar-refractivity contribution in [2.24, 2.45) is 0 Å². The average molecular weight is 368 g/mol. The van der Waals surface area contributed by atoms with E-state index in [1.807, 2.05) is 56.3 Å². The van der Waals surface area contributed by atoms with E-state index in [0.717, 1.165) is 12.0 Å². The number of carbonyl (C=O) groups is 2. The molecule has 1 aliphatic rings. The summed E-state index contributed by atoms with van der Waals surface area (Å²) in [6.07, 6.45) is 1.07. The first-order valence-corrected chi connectivity index (χ1v) is 9.14. The number of anilines is 2. The van der Waals surface area contributed by atoms with Crippen molar-refractivity contribution in [3.63, 3.8) is 0 Å². The molecule has 27 heavy (non-hydrogen) atoms. The van der Waals surface area contributed by atoms with Gasteiger partial charge in [-0.15, -0.1) is 0 Å². The van der Waals surface area contributed by atoms with Crippen LogP contribution in [0.25, 0.3) is 0 Å². The van der Waals surface area contributed by atoms with Crippen LogP contribution in [-0.2, 0) is 9.59 Å². The number of hydrogen-bond donors (Lipinski definition) is 1. The van der Waals surface area contributed by atoms with E-state index in [1.165, 1.54) is 0 Å². The van der Waals surface area contributed by atoms with Gasteiger partial charge in [0.2, 0.25) is 5.91 Å². The lowest BCUT2D eigenvalue weighted by Crippen LogP contribution is -2.40. The van der Waals surface area contributed by atoms with Crippen molar-refractivity contribution in [2.45, 2.75) is 26.7 Å². The summed E-state index contributed by atoms with van der Waals surface area (Å²) in [6.45, 7) is 4.89. The molecule has 0 aliphatic carbocycles. The van der Waals surface area contributed by atoms with Crippen LogP contribution < -0.4 is 19.7 Å². The van der Waals surface area contributed by atoms with Crippen LogP contribution in [0.3, 0.4) is 0 Å². The molecule has 0 fully saturated rings. The third-order valence-corrected chi connectivity index (χ3v) is 4.24. The van der Waals surface area contributed by atoms with Crippen molar-refractivity contribution in [1.82, 2.24) is 0 Å². The standard InChI is InChI=1S/C21H24N2O4/c1-3-12-26-19-13-15(2)8-9-16(19)22-20(24)10-11-23-17-6-4-5-7-18(17)27-14-21(23)25/h4-9,13H,3,10-12,14H2,1-2H3,(H,22,24). The molecule has 0 saturated carbocycles. The molecule has 0 radical (unpaired) electrons. The Morgan fingerprint density at radius 1 is 1.26 bits per heavy atom. The summed E-state index contributed by atoms with van der Waals surface area (Å²) in [5, 5.41) is 2.89. The van der Waals surface area contributed by atoms with E-state index < -0.39 is 0 Å². The van der Waals surface area contributed by atoms with Gasteiger partial charge in [0, 0.05) is 13.0 Å². The van der Waals surface area contributed by atoms with E-state index in [-0.39, 0.29) is 24.8 Å². The van der Waals surface area contributed by atoms with Crippen molar-refractivity contribution in [3.8, 4) is 11.5 Å². The Bertz CT molecular complexity index is 835. The Morgan fingerprint density at radius 2 is 2.07 bits per heavy atom. The molecule has 1 aliphatic heterocycles. The fraction of sp³-hybridized carbons (Fsp3) is 0.333. The van der Waals surface area contributed by atoms with Gasteiger partial charge in [0.15, 0.2) is 6.61 Å². The summed E-state index contributed by atoms with van der Waals surface area (Å²) >= 11 is 0. The monoisotopic (exact) mass is 368 g/mol. The molecule has 0 aromatic heterocycles. The van der Waals surface area contributed by atoms with Crippen LogP contribution >= 0.6 is 0 Å². The molecular weight excluding hydrogens is 344 g/mol. The highest BCUT2D eigenvalue weighted by atomic mass is 16.5. The normalized spacial score (nSPS) is 13.0. The van der Waals surface area contributed by atoms with E-state index >= 15 is 0 Å². The third-order valence-electron chi connectivity index (χ3n) is 4.24. The zero-order valence-corrected chi connectivity index (χ0v) is 15.7. The fourth-order valence-corrected chi connectivity index (χ4v) is 2.89. The third kappa shape index (κ3) is 4.58. The van der Waals surface area contributed by atoms with Crippen molar-refractivity contribution in [1.29, 1.82) is 0 Å². The molecular formula is C21H24N2O4. The summed E-state index contributed by atoms with van der Waals surface area (Å²) in [6, 6.07) is 13.0. The number of rotatable bonds is 7. The predicted molar refractivity (Wildman–Crippen MR) is 105 cm³/mol. The second-order valence-electron chi connectivity index (χ2n) is 6.45. The average Bonchev–Trinajstić information content (AvgIpc) is 2.67. The molecule has 0 spiro atoms. The van der Waals surface area contributed by atoms with Crippen molar-refractivity contribution < 1.29 is 19.1 Å². The molecule has 0 unspecified atom stereocenters. The van der Waals surface area contributed by atoms with Gasteiger partial charge < -0.3 is 19.7 Å². The Morgan fingerprint density at radius 3 is 2.89 bits per heavy atom. The number of amides is 2. The van der Waals surface area contributed by atoms with E-state index in [9.17, 15) is 9.59 Å². The quantitative estimate of drug-likeness (QED) is 0.812. The highest BCUT2D eigenvalue weighted by molar-refractivity contribution is 5.99. The number of fused-ring (bicyclic) bond motifs is 1. The van der Waals surface area contributed by atoms with Crippen molar-refractivity contribution >= 4 is 23.2 Å². The predicted octanol–water partition coefficient (Wildman–Crippen LogP) is 3.54.